The van der Waals surface area contributed by atoms with E-state index < -0.39 is 21.7 Å². The maximum absolute atomic E-state index is 14.5. The van der Waals surface area contributed by atoms with Crippen molar-refractivity contribution in [2.45, 2.75) is 25.3 Å². The standard InChI is InChI=1S/C24H21FN6O2.C23H23ClN6O.C22H20BrFN6O2.C14H11ClN4O2S/c1-4-16-7-18-12-27-24(30-23(18)22(25)8-16)29-20-9-17(19-13-28-31(3)14-19)10-21(11-20)33-6-5-26-15(2)32;1-29-15-18(12-26-29)17-9-16(14-30-5-7-31-8-6-30)10-19(11-17)27-23-25-13-20-21(24)3-2-4-22(20)28-23;1-13(31)25-3-4-32-19-7-14(16-11-27-30(2)12-16)6-18(9-19)28-22-26-10-15-5-17(23)8-20(24)21(15)29-22;15-12-2-1-3-13-11(12)8-17-14(19-13)18-9-4-6-10(7-5-9)22(16,20)21/h1,7-14H,5-6H2,2-3H3,(H,26,32)(H,27,29,30);2-4,9-13,15H,5-8,14H2,1H3,(H,25,27,28);5-12H,3-4H2,1-2H3,(H,25,31)(H,26,28,29);1-8H,(H2,16,20,21)(H,17,18,19). The molecule has 600 valence electrons. The Morgan fingerprint density at radius 3 is 1.44 bits per heavy atom. The van der Waals surface area contributed by atoms with E-state index in [4.69, 9.17) is 49.0 Å². The smallest absolute Gasteiger partial charge is 0.238 e. The average Bonchev–Trinajstić information content (AvgIpc) is 0.831. The molecular formula is C83H75BrCl2F2N22O7S. The van der Waals surface area contributed by atoms with Gasteiger partial charge < -0.3 is 46.1 Å². The first-order chi connectivity index (χ1) is 56.8. The topological polar surface area (TPSA) is 354 Å². The number of aryl methyl sites for hydroxylation is 3. The average molecular weight is 1710 g/mol. The highest BCUT2D eigenvalue weighted by molar-refractivity contribution is 9.10. The maximum atomic E-state index is 14.5. The lowest BCUT2D eigenvalue weighted by molar-refractivity contribution is -0.119. The molecule has 118 heavy (non-hydrogen) atoms. The molecule has 8 heterocycles. The summed E-state index contributed by atoms with van der Waals surface area (Å²) in [6.07, 6.45) is 23.0. The summed E-state index contributed by atoms with van der Waals surface area (Å²) in [6.45, 7) is 8.57. The van der Waals surface area contributed by atoms with Gasteiger partial charge in [-0.1, -0.05) is 57.2 Å². The Bertz CT molecular complexity index is 6350. The van der Waals surface area contributed by atoms with Gasteiger partial charge in [-0.15, -0.1) is 6.42 Å². The normalized spacial score (nSPS) is 11.9. The Morgan fingerprint density at radius 1 is 0.542 bits per heavy atom. The fraction of sp³-hybridized carbons (Fsp3) is 0.169. The lowest BCUT2D eigenvalue weighted by Gasteiger charge is -2.27. The molecule has 1 fully saturated rings. The molecule has 0 radical (unpaired) electrons. The van der Waals surface area contributed by atoms with E-state index in [1.807, 2.05) is 105 Å². The number of sulfonamides is 1. The van der Waals surface area contributed by atoms with E-state index in [-0.39, 0.29) is 39.6 Å². The van der Waals surface area contributed by atoms with E-state index in [1.165, 1.54) is 49.9 Å². The Hall–Kier alpha value is -13.2. The van der Waals surface area contributed by atoms with Gasteiger partial charge in [-0.3, -0.25) is 28.5 Å². The predicted molar refractivity (Wildman–Crippen MR) is 455 cm³/mol. The van der Waals surface area contributed by atoms with E-state index in [0.717, 1.165) is 88.2 Å². The van der Waals surface area contributed by atoms with Gasteiger partial charge in [-0.2, -0.15) is 15.3 Å². The molecule has 35 heteroatoms. The minimum Gasteiger partial charge on any atom is -0.492 e. The zero-order valence-corrected chi connectivity index (χ0v) is 67.8. The molecule has 7 aromatic heterocycles. The molecule has 0 spiro atoms. The van der Waals surface area contributed by atoms with Crippen LogP contribution in [0, 0.1) is 24.0 Å². The maximum Gasteiger partial charge on any atom is 0.238 e. The number of nitrogens with zero attached hydrogens (tertiary/aromatic N) is 15. The van der Waals surface area contributed by atoms with Crippen LogP contribution in [-0.4, -0.2) is 147 Å². The van der Waals surface area contributed by atoms with E-state index in [1.54, 1.807) is 82.8 Å². The van der Waals surface area contributed by atoms with Crippen molar-refractivity contribution < 1.29 is 41.0 Å². The van der Waals surface area contributed by atoms with Crippen LogP contribution in [0.2, 0.25) is 10.0 Å². The third-order valence-electron chi connectivity index (χ3n) is 17.7. The Kier molecular flexibility index (Phi) is 26.7. The van der Waals surface area contributed by atoms with E-state index in [2.05, 4.69) is 132 Å². The van der Waals surface area contributed by atoms with Gasteiger partial charge in [0.15, 0.2) is 11.6 Å². The molecule has 1 saturated heterocycles. The van der Waals surface area contributed by atoms with Crippen LogP contribution in [0.25, 0.3) is 77.0 Å². The molecule has 0 aliphatic carbocycles. The number of terminal acetylenes is 1. The molecule has 0 atom stereocenters. The second-order valence-corrected chi connectivity index (χ2v) is 30.0. The highest BCUT2D eigenvalue weighted by atomic mass is 79.9. The van der Waals surface area contributed by atoms with Gasteiger partial charge in [0.1, 0.15) is 35.7 Å². The molecule has 0 bridgehead atoms. The van der Waals surface area contributed by atoms with Crippen LogP contribution < -0.4 is 46.5 Å². The fourth-order valence-corrected chi connectivity index (χ4v) is 13.6. The fourth-order valence-electron chi connectivity index (χ4n) is 12.2. The summed E-state index contributed by atoms with van der Waals surface area (Å²) in [6, 6.07) is 40.7. The van der Waals surface area contributed by atoms with Crippen LogP contribution in [0.15, 0.2) is 211 Å². The lowest BCUT2D eigenvalue weighted by atomic mass is 10.0. The summed E-state index contributed by atoms with van der Waals surface area (Å²) in [7, 11) is 1.90. The van der Waals surface area contributed by atoms with Crippen molar-refractivity contribution in [1.29, 1.82) is 0 Å². The third-order valence-corrected chi connectivity index (χ3v) is 19.7. The second-order valence-electron chi connectivity index (χ2n) is 26.7. The van der Waals surface area contributed by atoms with Crippen LogP contribution in [0.4, 0.5) is 55.3 Å². The van der Waals surface area contributed by atoms with E-state index >= 15 is 0 Å². The largest absolute Gasteiger partial charge is 0.492 e. The minimum atomic E-state index is -3.70. The molecule has 15 aromatic rings. The molecule has 0 unspecified atom stereocenters. The van der Waals surface area contributed by atoms with Crippen LogP contribution in [0.5, 0.6) is 11.5 Å². The monoisotopic (exact) mass is 1710 g/mol. The first-order valence-corrected chi connectivity index (χ1v) is 39.5. The van der Waals surface area contributed by atoms with Crippen molar-refractivity contribution in [3.05, 3.63) is 239 Å². The summed E-state index contributed by atoms with van der Waals surface area (Å²) >= 11 is 15.6. The van der Waals surface area contributed by atoms with Gasteiger partial charge in [0, 0.05) is 181 Å². The predicted octanol–water partition coefficient (Wildman–Crippen LogP) is 14.5. The van der Waals surface area contributed by atoms with Crippen LogP contribution in [0.3, 0.4) is 0 Å². The number of fused-ring (bicyclic) bond motifs is 4. The van der Waals surface area contributed by atoms with Crippen molar-refractivity contribution >= 4 is 151 Å². The molecular weight excluding hydrogens is 1640 g/mol. The molecule has 8 N–H and O–H groups in total. The van der Waals surface area contributed by atoms with Crippen molar-refractivity contribution in [2.24, 2.45) is 26.3 Å². The van der Waals surface area contributed by atoms with Crippen LogP contribution >= 0.6 is 39.1 Å². The van der Waals surface area contributed by atoms with Crippen LogP contribution in [-0.2, 0) is 52.0 Å². The highest BCUT2D eigenvalue weighted by Gasteiger charge is 2.18. The summed E-state index contributed by atoms with van der Waals surface area (Å²) in [5.41, 5.74) is 12.1. The number of carbonyl (C=O) groups is 2. The van der Waals surface area contributed by atoms with Gasteiger partial charge >= 0.3 is 0 Å². The highest BCUT2D eigenvalue weighted by Crippen LogP contribution is 2.35. The first-order valence-electron chi connectivity index (χ1n) is 36.4. The number of nitrogens with one attached hydrogen (secondary N) is 6. The van der Waals surface area contributed by atoms with Gasteiger partial charge in [-0.25, -0.2) is 62.2 Å². The number of hydrogen-bond acceptors (Lipinski definition) is 23. The lowest BCUT2D eigenvalue weighted by Crippen LogP contribution is -2.35. The Labute approximate surface area is 694 Å². The second kappa shape index (κ2) is 38.0. The number of rotatable bonds is 22. The molecule has 2 amide bonds. The molecule has 0 saturated carbocycles. The number of primary sulfonamides is 1. The van der Waals surface area contributed by atoms with Gasteiger partial charge in [0.2, 0.25) is 45.6 Å². The van der Waals surface area contributed by atoms with Gasteiger partial charge in [-0.05, 0) is 138 Å². The number of hydrogen-bond donors (Lipinski definition) is 7. The number of aromatic nitrogens is 14. The molecule has 29 nitrogen and oxygen atoms in total. The van der Waals surface area contributed by atoms with E-state index in [0.29, 0.717) is 103 Å². The number of carbonyl (C=O) groups excluding carboxylic acids is 2. The number of morpholine rings is 1. The van der Waals surface area contributed by atoms with Crippen molar-refractivity contribution in [1.82, 2.24) is 84.7 Å². The molecule has 1 aliphatic rings. The SMILES string of the molecule is C#Cc1cc(F)c2nc(Nc3cc(OCCNC(C)=O)cc(-c4cnn(C)c4)c3)ncc2c1.CC(=O)NCCOc1cc(Nc2ncc3cc(Br)cc(F)c3n2)cc(-c2cnn(C)c2)c1.Cn1cc(-c2cc(CN3CCOCC3)cc(Nc3ncc4c(Cl)cccc4n3)c2)cn1.NS(=O)(=O)c1ccc(Nc2ncc3c(Cl)cccc3n2)cc1. The zero-order chi connectivity index (χ0) is 83.0. The molecule has 16 rings (SSSR count). The summed E-state index contributed by atoms with van der Waals surface area (Å²) in [4.78, 5) is 59.4. The summed E-state index contributed by atoms with van der Waals surface area (Å²) < 4.78 is 74.2. The number of nitrogens with two attached hydrogens (primary N) is 1. The number of ether oxygens (including phenoxy) is 3. The van der Waals surface area contributed by atoms with Crippen molar-refractivity contribution in [3.8, 4) is 57.2 Å². The number of anilines is 8. The van der Waals surface area contributed by atoms with Crippen molar-refractivity contribution in [2.75, 3.05) is 73.9 Å². The van der Waals surface area contributed by atoms with Gasteiger partial charge in [0.25, 0.3) is 0 Å². The summed E-state index contributed by atoms with van der Waals surface area (Å²) in [5.74, 6) is 3.79. The number of halogens is 5. The summed E-state index contributed by atoms with van der Waals surface area (Å²) in [5, 5.41) is 39.7. The Balaban J connectivity index is 0.000000138. The van der Waals surface area contributed by atoms with E-state index in [9.17, 15) is 26.8 Å². The van der Waals surface area contributed by atoms with Crippen molar-refractivity contribution in [3.63, 3.8) is 0 Å². The van der Waals surface area contributed by atoms with Gasteiger partial charge in [0.05, 0.1) is 70.9 Å². The number of benzene rings is 8. The first kappa shape index (κ1) is 82.8. The molecule has 1 aliphatic heterocycles. The Morgan fingerprint density at radius 2 is 0.983 bits per heavy atom. The number of amides is 2. The zero-order valence-electron chi connectivity index (χ0n) is 63.9. The quantitative estimate of drug-likeness (QED) is 0.0245. The minimum absolute atomic E-state index is 0.0456. The third kappa shape index (κ3) is 22.5. The molecule has 8 aromatic carbocycles. The van der Waals surface area contributed by atoms with Crippen LogP contribution in [0.1, 0.15) is 25.0 Å².